The second kappa shape index (κ2) is 8.79. The van der Waals surface area contributed by atoms with Crippen LogP contribution in [0.25, 0.3) is 0 Å². The Labute approximate surface area is 157 Å². The summed E-state index contributed by atoms with van der Waals surface area (Å²) in [5.74, 6) is -0.194. The molecule has 1 atom stereocenters. The summed E-state index contributed by atoms with van der Waals surface area (Å²) < 4.78 is 0. The number of carbonyl (C=O) groups is 1. The summed E-state index contributed by atoms with van der Waals surface area (Å²) in [6.45, 7) is 2.92. The molecule has 0 bridgehead atoms. The van der Waals surface area contributed by atoms with Crippen LogP contribution >= 0.6 is 22.9 Å². The number of aliphatic carboxylic acids is 1. The van der Waals surface area contributed by atoms with Gasteiger partial charge in [0.05, 0.1) is 10.7 Å². The number of benzene rings is 1. The number of rotatable bonds is 7. The van der Waals surface area contributed by atoms with Gasteiger partial charge in [-0.05, 0) is 49.4 Å². The molecule has 1 unspecified atom stereocenters. The first-order chi connectivity index (χ1) is 12.1. The standard InChI is InChI=1S/C19H23ClN2O2S/c20-16-6-3-14(4-7-16)10-18-21-17(13-25-18)12-22-9-1-2-15(11-22)5-8-19(23)24/h3-4,6-7,13,15H,1-2,5,8-12H2,(H,23,24). The van der Waals surface area contributed by atoms with Crippen molar-refractivity contribution in [1.29, 1.82) is 0 Å². The first-order valence-corrected chi connectivity index (χ1v) is 9.96. The predicted molar refractivity (Wildman–Crippen MR) is 101 cm³/mol. The minimum atomic E-state index is -0.691. The molecule has 0 saturated carbocycles. The van der Waals surface area contributed by atoms with Gasteiger partial charge >= 0.3 is 5.97 Å². The molecule has 0 spiro atoms. The van der Waals surface area contributed by atoms with E-state index in [0.717, 1.165) is 61.0 Å². The zero-order valence-electron chi connectivity index (χ0n) is 14.2. The number of thiazole rings is 1. The number of aromatic nitrogens is 1. The number of carboxylic acids is 1. The molecule has 1 aliphatic rings. The van der Waals surface area contributed by atoms with Gasteiger partial charge in [0.1, 0.15) is 0 Å². The number of likely N-dealkylation sites (tertiary alicyclic amines) is 1. The van der Waals surface area contributed by atoms with Crippen molar-refractivity contribution >= 4 is 28.9 Å². The maximum Gasteiger partial charge on any atom is 0.303 e. The molecule has 1 saturated heterocycles. The third-order valence-electron chi connectivity index (χ3n) is 4.62. The number of halogens is 1. The van der Waals surface area contributed by atoms with Crippen LogP contribution in [0.15, 0.2) is 29.6 Å². The molecule has 3 rings (SSSR count). The number of hydrogen-bond acceptors (Lipinski definition) is 4. The van der Waals surface area contributed by atoms with Crippen molar-refractivity contribution in [2.45, 2.75) is 38.6 Å². The highest BCUT2D eigenvalue weighted by Gasteiger charge is 2.21. The van der Waals surface area contributed by atoms with Crippen molar-refractivity contribution in [2.75, 3.05) is 13.1 Å². The van der Waals surface area contributed by atoms with Gasteiger partial charge in [-0.15, -0.1) is 11.3 Å². The van der Waals surface area contributed by atoms with Gasteiger partial charge in [-0.25, -0.2) is 4.98 Å². The Hall–Kier alpha value is -1.43. The van der Waals surface area contributed by atoms with Gasteiger partial charge in [0.25, 0.3) is 0 Å². The number of carboxylic acid groups (broad SMARTS) is 1. The van der Waals surface area contributed by atoms with Gasteiger partial charge in [0.2, 0.25) is 0 Å². The highest BCUT2D eigenvalue weighted by Crippen LogP contribution is 2.23. The average Bonchev–Trinajstić information content (AvgIpc) is 3.02. The van der Waals surface area contributed by atoms with E-state index in [0.29, 0.717) is 5.92 Å². The van der Waals surface area contributed by atoms with E-state index in [4.69, 9.17) is 21.7 Å². The van der Waals surface area contributed by atoms with Crippen LogP contribution < -0.4 is 0 Å². The summed E-state index contributed by atoms with van der Waals surface area (Å²) in [6, 6.07) is 7.91. The molecule has 1 aromatic heterocycles. The van der Waals surface area contributed by atoms with Gasteiger partial charge in [0.15, 0.2) is 0 Å². The third kappa shape index (κ3) is 5.80. The molecule has 4 nitrogen and oxygen atoms in total. The van der Waals surface area contributed by atoms with Crippen LogP contribution in [0.2, 0.25) is 5.02 Å². The Morgan fingerprint density at radius 1 is 1.36 bits per heavy atom. The molecule has 0 radical (unpaired) electrons. The number of nitrogens with zero attached hydrogens (tertiary/aromatic N) is 2. The maximum absolute atomic E-state index is 10.8. The molecule has 134 valence electrons. The van der Waals surface area contributed by atoms with Crippen LogP contribution in [0, 0.1) is 5.92 Å². The second-order valence-electron chi connectivity index (χ2n) is 6.71. The first-order valence-electron chi connectivity index (χ1n) is 8.70. The Morgan fingerprint density at radius 3 is 2.92 bits per heavy atom. The SMILES string of the molecule is O=C(O)CCC1CCCN(Cc2csc(Cc3ccc(Cl)cc3)n2)C1. The molecule has 2 aromatic rings. The maximum atomic E-state index is 10.8. The summed E-state index contributed by atoms with van der Waals surface area (Å²) in [7, 11) is 0. The number of hydrogen-bond donors (Lipinski definition) is 1. The predicted octanol–water partition coefficient (Wildman–Crippen LogP) is 4.46. The molecule has 6 heteroatoms. The van der Waals surface area contributed by atoms with Gasteiger partial charge in [-0.3, -0.25) is 9.69 Å². The van der Waals surface area contributed by atoms with E-state index in [1.807, 2.05) is 24.3 Å². The van der Waals surface area contributed by atoms with Crippen LogP contribution in [0.4, 0.5) is 0 Å². The van der Waals surface area contributed by atoms with Crippen LogP contribution in [0.3, 0.4) is 0 Å². The third-order valence-corrected chi connectivity index (χ3v) is 5.77. The summed E-state index contributed by atoms with van der Waals surface area (Å²) >= 11 is 7.63. The Kier molecular flexibility index (Phi) is 6.45. The van der Waals surface area contributed by atoms with Gasteiger partial charge in [-0.2, -0.15) is 0 Å². The number of piperidine rings is 1. The van der Waals surface area contributed by atoms with E-state index in [9.17, 15) is 4.79 Å². The van der Waals surface area contributed by atoms with Crippen molar-refractivity contribution in [1.82, 2.24) is 9.88 Å². The smallest absolute Gasteiger partial charge is 0.303 e. The monoisotopic (exact) mass is 378 g/mol. The molecule has 0 aliphatic carbocycles. The lowest BCUT2D eigenvalue weighted by atomic mass is 9.93. The molecule has 0 amide bonds. The molecule has 1 N–H and O–H groups in total. The highest BCUT2D eigenvalue weighted by atomic mass is 35.5. The molecular formula is C19H23ClN2O2S. The largest absolute Gasteiger partial charge is 0.481 e. The molecule has 2 heterocycles. The summed E-state index contributed by atoms with van der Waals surface area (Å²) in [4.78, 5) is 17.9. The molecule has 25 heavy (non-hydrogen) atoms. The van der Waals surface area contributed by atoms with Crippen molar-refractivity contribution < 1.29 is 9.90 Å². The summed E-state index contributed by atoms with van der Waals surface area (Å²) in [5, 5.41) is 12.9. The quantitative estimate of drug-likeness (QED) is 0.772. The minimum Gasteiger partial charge on any atom is -0.481 e. The van der Waals surface area contributed by atoms with Gasteiger partial charge < -0.3 is 5.11 Å². The van der Waals surface area contributed by atoms with E-state index in [1.165, 1.54) is 5.56 Å². The first kappa shape index (κ1) is 18.4. The summed E-state index contributed by atoms with van der Waals surface area (Å²) in [6.07, 6.45) is 4.18. The van der Waals surface area contributed by atoms with E-state index < -0.39 is 5.97 Å². The zero-order valence-corrected chi connectivity index (χ0v) is 15.7. The lowest BCUT2D eigenvalue weighted by Gasteiger charge is -2.32. The van der Waals surface area contributed by atoms with Gasteiger partial charge in [-0.1, -0.05) is 23.7 Å². The fourth-order valence-electron chi connectivity index (χ4n) is 3.37. The Bertz CT molecular complexity index is 702. The average molecular weight is 379 g/mol. The van der Waals surface area contributed by atoms with Crippen molar-refractivity contribution in [2.24, 2.45) is 5.92 Å². The van der Waals surface area contributed by atoms with Crippen LogP contribution in [0.5, 0.6) is 0 Å². The topological polar surface area (TPSA) is 53.4 Å². The van der Waals surface area contributed by atoms with E-state index in [1.54, 1.807) is 11.3 Å². The molecular weight excluding hydrogens is 356 g/mol. The molecule has 1 aromatic carbocycles. The van der Waals surface area contributed by atoms with Crippen LogP contribution in [-0.2, 0) is 17.8 Å². The van der Waals surface area contributed by atoms with Gasteiger partial charge in [0, 0.05) is 36.3 Å². The fourth-order valence-corrected chi connectivity index (χ4v) is 4.31. The van der Waals surface area contributed by atoms with Crippen LogP contribution in [0.1, 0.15) is 41.9 Å². The summed E-state index contributed by atoms with van der Waals surface area (Å²) in [5.41, 5.74) is 2.34. The highest BCUT2D eigenvalue weighted by molar-refractivity contribution is 7.09. The van der Waals surface area contributed by atoms with E-state index in [-0.39, 0.29) is 6.42 Å². The van der Waals surface area contributed by atoms with Crippen molar-refractivity contribution in [3.05, 3.63) is 50.9 Å². The van der Waals surface area contributed by atoms with E-state index >= 15 is 0 Å². The molecule has 1 aliphatic heterocycles. The zero-order chi connectivity index (χ0) is 17.6. The Morgan fingerprint density at radius 2 is 2.16 bits per heavy atom. The van der Waals surface area contributed by atoms with Crippen LogP contribution in [-0.4, -0.2) is 34.0 Å². The fraction of sp³-hybridized carbons (Fsp3) is 0.474. The molecule has 1 fully saturated rings. The Balaban J connectivity index is 1.52. The normalized spacial score (nSPS) is 18.4. The lowest BCUT2D eigenvalue weighted by Crippen LogP contribution is -2.35. The minimum absolute atomic E-state index is 0.278. The van der Waals surface area contributed by atoms with Crippen molar-refractivity contribution in [3.8, 4) is 0 Å². The lowest BCUT2D eigenvalue weighted by molar-refractivity contribution is -0.137. The van der Waals surface area contributed by atoms with E-state index in [2.05, 4.69) is 10.3 Å². The van der Waals surface area contributed by atoms with Crippen molar-refractivity contribution in [3.63, 3.8) is 0 Å². The second-order valence-corrected chi connectivity index (χ2v) is 8.09.